The lowest BCUT2D eigenvalue weighted by atomic mass is 9.91. The van der Waals surface area contributed by atoms with Gasteiger partial charge in [0.05, 0.1) is 12.7 Å². The van der Waals surface area contributed by atoms with Crippen molar-refractivity contribution in [1.82, 2.24) is 10.2 Å². The van der Waals surface area contributed by atoms with Gasteiger partial charge in [0.15, 0.2) is 0 Å². The highest BCUT2D eigenvalue weighted by Crippen LogP contribution is 2.19. The molecule has 1 N–H and O–H groups in total. The van der Waals surface area contributed by atoms with E-state index in [0.717, 1.165) is 39.2 Å². The van der Waals surface area contributed by atoms with Crippen LogP contribution in [-0.4, -0.2) is 49.3 Å². The molecule has 1 rings (SSSR count). The van der Waals surface area contributed by atoms with Crippen LogP contribution in [0.2, 0.25) is 0 Å². The maximum Gasteiger partial charge on any atom is 0.0700 e. The predicted molar refractivity (Wildman–Crippen MR) is 78.0 cm³/mol. The van der Waals surface area contributed by atoms with Crippen LogP contribution in [0.15, 0.2) is 0 Å². The van der Waals surface area contributed by atoms with Crippen molar-refractivity contribution >= 4 is 0 Å². The summed E-state index contributed by atoms with van der Waals surface area (Å²) in [5, 5.41) is 3.62. The normalized spacial score (nSPS) is 23.3. The van der Waals surface area contributed by atoms with Crippen molar-refractivity contribution in [3.63, 3.8) is 0 Å². The number of hydrogen-bond acceptors (Lipinski definition) is 3. The van der Waals surface area contributed by atoms with Crippen molar-refractivity contribution in [3.05, 3.63) is 0 Å². The number of ether oxygens (including phenoxy) is 1. The molecular formula is C15H32N2O. The van der Waals surface area contributed by atoms with Crippen LogP contribution < -0.4 is 5.32 Å². The molecule has 108 valence electrons. The third kappa shape index (κ3) is 6.17. The Labute approximate surface area is 113 Å². The zero-order valence-corrected chi connectivity index (χ0v) is 13.2. The van der Waals surface area contributed by atoms with E-state index in [2.05, 4.69) is 51.8 Å². The molecule has 1 heterocycles. The molecule has 0 aromatic heterocycles. The lowest BCUT2D eigenvalue weighted by molar-refractivity contribution is -0.0398. The summed E-state index contributed by atoms with van der Waals surface area (Å²) in [6.45, 7) is 18.9. The van der Waals surface area contributed by atoms with Crippen LogP contribution in [0.4, 0.5) is 0 Å². The van der Waals surface area contributed by atoms with Crippen LogP contribution in [-0.2, 0) is 4.74 Å². The van der Waals surface area contributed by atoms with Crippen LogP contribution in [0.25, 0.3) is 0 Å². The second kappa shape index (κ2) is 6.36. The molecule has 1 unspecified atom stereocenters. The summed E-state index contributed by atoms with van der Waals surface area (Å²) in [6, 6.07) is 0. The van der Waals surface area contributed by atoms with E-state index >= 15 is 0 Å². The summed E-state index contributed by atoms with van der Waals surface area (Å²) in [5.41, 5.74) is 0.511. The van der Waals surface area contributed by atoms with Gasteiger partial charge in [-0.05, 0) is 32.6 Å². The van der Waals surface area contributed by atoms with Gasteiger partial charge in [0, 0.05) is 31.7 Å². The van der Waals surface area contributed by atoms with E-state index in [1.807, 2.05) is 0 Å². The van der Waals surface area contributed by atoms with Crippen LogP contribution in [0.5, 0.6) is 0 Å². The van der Waals surface area contributed by atoms with Crippen molar-refractivity contribution in [2.45, 2.75) is 59.6 Å². The summed E-state index contributed by atoms with van der Waals surface area (Å²) >= 11 is 0. The number of nitrogens with one attached hydrogen (secondary N) is 1. The van der Waals surface area contributed by atoms with Crippen LogP contribution in [0.3, 0.4) is 0 Å². The van der Waals surface area contributed by atoms with E-state index in [0.29, 0.717) is 11.5 Å². The van der Waals surface area contributed by atoms with Gasteiger partial charge in [-0.2, -0.15) is 0 Å². The fraction of sp³-hybridized carbons (Fsp3) is 1.00. The first-order valence-corrected chi connectivity index (χ1v) is 7.31. The molecule has 0 spiro atoms. The van der Waals surface area contributed by atoms with Gasteiger partial charge in [-0.15, -0.1) is 0 Å². The molecule has 1 atom stereocenters. The van der Waals surface area contributed by atoms with E-state index in [-0.39, 0.29) is 5.54 Å². The van der Waals surface area contributed by atoms with E-state index < -0.39 is 0 Å². The minimum Gasteiger partial charge on any atom is -0.376 e. The zero-order chi connectivity index (χ0) is 13.8. The van der Waals surface area contributed by atoms with E-state index in [1.165, 1.54) is 0 Å². The largest absolute Gasteiger partial charge is 0.376 e. The molecule has 3 heteroatoms. The molecule has 0 radical (unpaired) electrons. The average Bonchev–Trinajstić information content (AvgIpc) is 2.25. The minimum absolute atomic E-state index is 0.203. The first kappa shape index (κ1) is 15.9. The number of nitrogens with zero attached hydrogens (tertiary/aromatic N) is 1. The van der Waals surface area contributed by atoms with Gasteiger partial charge >= 0.3 is 0 Å². The second-order valence-corrected chi connectivity index (χ2v) is 7.40. The molecule has 0 aliphatic carbocycles. The molecule has 1 aliphatic rings. The smallest absolute Gasteiger partial charge is 0.0700 e. The Balaban J connectivity index is 2.39. The first-order valence-electron chi connectivity index (χ1n) is 7.31. The Morgan fingerprint density at radius 1 is 1.22 bits per heavy atom. The monoisotopic (exact) mass is 256 g/mol. The predicted octanol–water partition coefficient (Wildman–Crippen LogP) is 2.51. The molecule has 0 aromatic carbocycles. The molecule has 18 heavy (non-hydrogen) atoms. The van der Waals surface area contributed by atoms with Crippen LogP contribution >= 0.6 is 0 Å². The van der Waals surface area contributed by atoms with Gasteiger partial charge in [0.25, 0.3) is 0 Å². The maximum absolute atomic E-state index is 5.73. The van der Waals surface area contributed by atoms with Crippen LogP contribution in [0, 0.1) is 5.41 Å². The summed E-state index contributed by atoms with van der Waals surface area (Å²) in [4.78, 5) is 2.56. The van der Waals surface area contributed by atoms with Gasteiger partial charge < -0.3 is 10.1 Å². The summed E-state index contributed by atoms with van der Waals surface area (Å²) in [5.74, 6) is 0. The number of rotatable bonds is 5. The maximum atomic E-state index is 5.73. The van der Waals surface area contributed by atoms with Crippen LogP contribution in [0.1, 0.15) is 48.0 Å². The fourth-order valence-electron chi connectivity index (χ4n) is 2.34. The van der Waals surface area contributed by atoms with Gasteiger partial charge in [0.2, 0.25) is 0 Å². The number of morpholine rings is 1. The van der Waals surface area contributed by atoms with Crippen molar-refractivity contribution in [2.75, 3.05) is 32.8 Å². The SMILES string of the molecule is CCC1CN(CC(C)(C)CNC(C)(C)C)CCO1. The Morgan fingerprint density at radius 2 is 1.89 bits per heavy atom. The molecule has 0 bridgehead atoms. The average molecular weight is 256 g/mol. The molecule has 1 fully saturated rings. The van der Waals surface area contributed by atoms with Crippen molar-refractivity contribution in [3.8, 4) is 0 Å². The Bertz CT molecular complexity index is 245. The van der Waals surface area contributed by atoms with Crippen molar-refractivity contribution < 1.29 is 4.74 Å². The zero-order valence-electron chi connectivity index (χ0n) is 13.2. The Morgan fingerprint density at radius 3 is 2.44 bits per heavy atom. The lowest BCUT2D eigenvalue weighted by Gasteiger charge is -2.39. The van der Waals surface area contributed by atoms with Gasteiger partial charge in [-0.3, -0.25) is 4.90 Å². The Kier molecular flexibility index (Phi) is 5.63. The molecule has 0 aromatic rings. The summed E-state index contributed by atoms with van der Waals surface area (Å²) in [6.07, 6.45) is 1.56. The highest BCUT2D eigenvalue weighted by molar-refractivity contribution is 4.82. The van der Waals surface area contributed by atoms with E-state index in [1.54, 1.807) is 0 Å². The summed E-state index contributed by atoms with van der Waals surface area (Å²) in [7, 11) is 0. The first-order chi connectivity index (χ1) is 8.22. The standard InChI is InChI=1S/C15H32N2O/c1-7-13-10-17(8-9-18-13)12-15(5,6)11-16-14(2,3)4/h13,16H,7-12H2,1-6H3. The molecule has 0 saturated carbocycles. The quantitative estimate of drug-likeness (QED) is 0.818. The van der Waals surface area contributed by atoms with E-state index in [4.69, 9.17) is 4.74 Å². The third-order valence-electron chi connectivity index (χ3n) is 3.43. The molecular weight excluding hydrogens is 224 g/mol. The highest BCUT2D eigenvalue weighted by atomic mass is 16.5. The summed E-state index contributed by atoms with van der Waals surface area (Å²) < 4.78 is 5.73. The van der Waals surface area contributed by atoms with E-state index in [9.17, 15) is 0 Å². The molecule has 3 nitrogen and oxygen atoms in total. The number of hydrogen-bond donors (Lipinski definition) is 1. The Hall–Kier alpha value is -0.120. The van der Waals surface area contributed by atoms with Gasteiger partial charge in [-0.25, -0.2) is 0 Å². The van der Waals surface area contributed by atoms with Crippen molar-refractivity contribution in [1.29, 1.82) is 0 Å². The lowest BCUT2D eigenvalue weighted by Crippen LogP contribution is -2.50. The van der Waals surface area contributed by atoms with Gasteiger partial charge in [0.1, 0.15) is 0 Å². The topological polar surface area (TPSA) is 24.5 Å². The van der Waals surface area contributed by atoms with Gasteiger partial charge in [-0.1, -0.05) is 20.8 Å². The third-order valence-corrected chi connectivity index (χ3v) is 3.43. The molecule has 0 amide bonds. The fourth-order valence-corrected chi connectivity index (χ4v) is 2.34. The minimum atomic E-state index is 0.203. The highest BCUT2D eigenvalue weighted by Gasteiger charge is 2.27. The molecule has 1 saturated heterocycles. The second-order valence-electron chi connectivity index (χ2n) is 7.40. The molecule has 1 aliphatic heterocycles. The van der Waals surface area contributed by atoms with Crippen molar-refractivity contribution in [2.24, 2.45) is 5.41 Å².